The van der Waals surface area contributed by atoms with E-state index in [-0.39, 0.29) is 18.9 Å². The molecule has 6 saturated heterocycles. The van der Waals surface area contributed by atoms with Crippen LogP contribution in [0.5, 0.6) is 0 Å². The van der Waals surface area contributed by atoms with Crippen LogP contribution in [-0.4, -0.2) is 241 Å². The predicted octanol–water partition coefficient (Wildman–Crippen LogP) is 3.27. The zero-order chi connectivity index (χ0) is 65.1. The monoisotopic (exact) mass is 1280 g/mol. The second-order valence-electron chi connectivity index (χ2n) is 25.6. The lowest BCUT2D eigenvalue weighted by Crippen LogP contribution is -2.67. The van der Waals surface area contributed by atoms with E-state index in [4.69, 9.17) is 61.6 Å². The van der Waals surface area contributed by atoms with Gasteiger partial charge in [0.2, 0.25) is 0 Å². The summed E-state index contributed by atoms with van der Waals surface area (Å²) < 4.78 is 81.0. The standard InChI is InChI=1S/C63H110O26/c1-9-11-13-14-15-16-19-22-26-30-41(66)83-55-49(74)53(87-63-57(88-59-47(72)45(70)44(69)40(32-64)82-59)48(73)51(36(6)78-63)85-58(76)33(3)34(4)65)37(7)79-61(55)86-52-38(8)80-62-56(50(52)75)84-42(67)31-27-23-20-17-18-21-25-29-39(28-24-12-10-2)81-60-54(89-62)46(71)43(68)35(5)77-60/h33-40,43-57,59-65,68-75H,9-32H2,1-8H3/t33-,34-,35-,36+,37+,38+,39+,40-,43-,44+,45+,46+,47-,48-,49-,50-,51+,52+,53+,54-,55-,56-,57-,59+,60+,61+,62+,63+/m1/s1. The quantitative estimate of drug-likeness (QED) is 0.0356. The number of aliphatic hydroxyl groups excluding tert-OH is 10. The van der Waals surface area contributed by atoms with Gasteiger partial charge in [0.25, 0.3) is 0 Å². The molecule has 0 unspecified atom stereocenters. The Balaban J connectivity index is 1.29. The highest BCUT2D eigenvalue weighted by Gasteiger charge is 2.58. The maximum atomic E-state index is 14.0. The second-order valence-corrected chi connectivity index (χ2v) is 25.6. The van der Waals surface area contributed by atoms with Crippen LogP contribution >= 0.6 is 0 Å². The van der Waals surface area contributed by atoms with Crippen LogP contribution < -0.4 is 0 Å². The van der Waals surface area contributed by atoms with Crippen molar-refractivity contribution in [1.82, 2.24) is 0 Å². The zero-order valence-electron chi connectivity index (χ0n) is 53.6. The third kappa shape index (κ3) is 21.3. The highest BCUT2D eigenvalue weighted by Crippen LogP contribution is 2.39. The Morgan fingerprint density at radius 1 is 0.494 bits per heavy atom. The van der Waals surface area contributed by atoms with Crippen molar-refractivity contribution < 1.29 is 127 Å². The molecule has 26 nitrogen and oxygen atoms in total. The molecular formula is C63H110O26. The van der Waals surface area contributed by atoms with E-state index in [0.29, 0.717) is 25.7 Å². The van der Waals surface area contributed by atoms with Gasteiger partial charge in [0.05, 0.1) is 49.1 Å². The lowest BCUT2D eigenvalue weighted by molar-refractivity contribution is -0.395. The Morgan fingerprint density at radius 3 is 1.66 bits per heavy atom. The number of rotatable bonds is 25. The summed E-state index contributed by atoms with van der Waals surface area (Å²) in [6, 6.07) is 0. The van der Waals surface area contributed by atoms with Crippen molar-refractivity contribution in [3.8, 4) is 0 Å². The van der Waals surface area contributed by atoms with Crippen molar-refractivity contribution in [1.29, 1.82) is 0 Å². The van der Waals surface area contributed by atoms with Gasteiger partial charge in [-0.15, -0.1) is 0 Å². The molecule has 6 rings (SSSR count). The molecule has 26 heteroatoms. The molecule has 6 aliphatic rings. The van der Waals surface area contributed by atoms with Gasteiger partial charge < -0.3 is 113 Å². The van der Waals surface area contributed by atoms with Gasteiger partial charge in [-0.25, -0.2) is 0 Å². The van der Waals surface area contributed by atoms with Crippen molar-refractivity contribution >= 4 is 17.9 Å². The topological polar surface area (TPSA) is 374 Å². The fourth-order valence-electron chi connectivity index (χ4n) is 12.4. The van der Waals surface area contributed by atoms with Gasteiger partial charge in [0.15, 0.2) is 49.8 Å². The molecule has 10 N–H and O–H groups in total. The normalized spacial score (nSPS) is 41.3. The van der Waals surface area contributed by atoms with Crippen LogP contribution in [0.25, 0.3) is 0 Å². The van der Waals surface area contributed by atoms with Gasteiger partial charge in [-0.05, 0) is 67.2 Å². The van der Waals surface area contributed by atoms with Crippen molar-refractivity contribution in [3.63, 3.8) is 0 Å². The van der Waals surface area contributed by atoms with E-state index < -0.39 is 190 Å². The molecule has 6 fully saturated rings. The average molecular weight is 1280 g/mol. The molecule has 0 saturated carbocycles. The zero-order valence-corrected chi connectivity index (χ0v) is 53.6. The van der Waals surface area contributed by atoms with Crippen LogP contribution in [0.2, 0.25) is 0 Å². The molecule has 0 bridgehead atoms. The van der Waals surface area contributed by atoms with Gasteiger partial charge in [-0.3, -0.25) is 14.4 Å². The highest BCUT2D eigenvalue weighted by molar-refractivity contribution is 5.73. The summed E-state index contributed by atoms with van der Waals surface area (Å²) in [4.78, 5) is 41.0. The van der Waals surface area contributed by atoms with Crippen LogP contribution in [0.4, 0.5) is 0 Å². The Hall–Kier alpha value is -2.39. The summed E-state index contributed by atoms with van der Waals surface area (Å²) >= 11 is 0. The molecule has 0 radical (unpaired) electrons. The largest absolute Gasteiger partial charge is 0.456 e. The molecular weight excluding hydrogens is 1170 g/mol. The number of hydrogen-bond donors (Lipinski definition) is 10. The van der Waals surface area contributed by atoms with E-state index in [1.807, 2.05) is 0 Å². The Bertz CT molecular complexity index is 2040. The van der Waals surface area contributed by atoms with E-state index >= 15 is 0 Å². The van der Waals surface area contributed by atoms with Gasteiger partial charge in [-0.2, -0.15) is 0 Å². The Morgan fingerprint density at radius 2 is 1.02 bits per heavy atom. The lowest BCUT2D eigenvalue weighted by atomic mass is 9.95. The van der Waals surface area contributed by atoms with Crippen molar-refractivity contribution in [2.45, 2.75) is 369 Å². The summed E-state index contributed by atoms with van der Waals surface area (Å²) in [5.74, 6) is -3.44. The van der Waals surface area contributed by atoms with Crippen LogP contribution in [0.15, 0.2) is 0 Å². The summed E-state index contributed by atoms with van der Waals surface area (Å²) in [5.41, 5.74) is 0. The number of unbranched alkanes of at least 4 members (excludes halogenated alkanes) is 10. The third-order valence-corrected chi connectivity index (χ3v) is 18.3. The summed E-state index contributed by atoms with van der Waals surface area (Å²) in [7, 11) is 0. The number of carbonyl (C=O) groups is 3. The first-order chi connectivity index (χ1) is 42.5. The fraction of sp³-hybridized carbons (Fsp3) is 0.952. The third-order valence-electron chi connectivity index (χ3n) is 18.3. The first-order valence-corrected chi connectivity index (χ1v) is 33.4. The SMILES string of the molecule is CCCCCCCCCCCC(=O)O[C@H]1[C@H](O[C@@H]2[C@@H](O)[C@H]3OC(=O)CCCCCCCCC[C@H](CCCCC)O[C@@H]4O[C@H](C)[C@@H](O)[C@H](O)[C@H]4O[C@@H]3O[C@H]2C)O[C@@H](C)[C@H](O[C@@H]2O[C@@H](C)[C@H](OC(=O)[C@H](C)[C@@H](C)O)[C@@H](O)[C@H]2O[C@@H]2O[C@H](CO)[C@H](O)[C@H](O)[C@H]2O)[C@H]1O. The molecule has 89 heavy (non-hydrogen) atoms. The highest BCUT2D eigenvalue weighted by atomic mass is 16.8. The number of ether oxygens (including phenoxy) is 13. The molecule has 0 aromatic heterocycles. The van der Waals surface area contributed by atoms with E-state index in [9.17, 15) is 65.4 Å². The van der Waals surface area contributed by atoms with Gasteiger partial charge in [0.1, 0.15) is 79.4 Å². The van der Waals surface area contributed by atoms with E-state index in [1.54, 1.807) is 6.92 Å². The van der Waals surface area contributed by atoms with Crippen molar-refractivity contribution in [2.75, 3.05) is 6.61 Å². The smallest absolute Gasteiger partial charge is 0.311 e. The number of aliphatic hydroxyl groups is 10. The number of hydrogen-bond acceptors (Lipinski definition) is 26. The van der Waals surface area contributed by atoms with Crippen molar-refractivity contribution in [3.05, 3.63) is 0 Å². The molecule has 518 valence electrons. The summed E-state index contributed by atoms with van der Waals surface area (Å²) in [6.07, 6.45) is -22.6. The van der Waals surface area contributed by atoms with Crippen LogP contribution in [0.1, 0.15) is 203 Å². The van der Waals surface area contributed by atoms with Crippen LogP contribution in [0.3, 0.4) is 0 Å². The second kappa shape index (κ2) is 37.6. The Labute approximate surface area is 524 Å². The average Bonchev–Trinajstić information content (AvgIpc) is 0.829. The number of esters is 3. The van der Waals surface area contributed by atoms with Crippen LogP contribution in [-0.2, 0) is 76.0 Å². The lowest BCUT2D eigenvalue weighted by Gasteiger charge is -2.50. The van der Waals surface area contributed by atoms with Crippen LogP contribution in [0, 0.1) is 5.92 Å². The molecule has 28 atom stereocenters. The van der Waals surface area contributed by atoms with E-state index in [2.05, 4.69) is 13.8 Å². The first-order valence-electron chi connectivity index (χ1n) is 33.4. The van der Waals surface area contributed by atoms with Gasteiger partial charge in [0, 0.05) is 12.8 Å². The molecule has 0 aromatic rings. The molecule has 0 amide bonds. The Kier molecular flexibility index (Phi) is 32.0. The van der Waals surface area contributed by atoms with Gasteiger partial charge in [-0.1, -0.05) is 123 Å². The fourth-order valence-corrected chi connectivity index (χ4v) is 12.4. The molecule has 0 spiro atoms. The van der Waals surface area contributed by atoms with E-state index in [0.717, 1.165) is 103 Å². The van der Waals surface area contributed by atoms with Gasteiger partial charge >= 0.3 is 17.9 Å². The predicted molar refractivity (Wildman–Crippen MR) is 314 cm³/mol. The minimum atomic E-state index is -2.00. The molecule has 6 heterocycles. The first kappa shape index (κ1) is 75.6. The maximum Gasteiger partial charge on any atom is 0.311 e. The minimum Gasteiger partial charge on any atom is -0.456 e. The molecule has 0 aliphatic carbocycles. The van der Waals surface area contributed by atoms with E-state index in [1.165, 1.54) is 41.0 Å². The number of fused-ring (bicyclic) bond motifs is 2. The molecule has 6 aliphatic heterocycles. The maximum absolute atomic E-state index is 14.0. The summed E-state index contributed by atoms with van der Waals surface area (Å²) in [6.45, 7) is 12.2. The minimum absolute atomic E-state index is 0.0235. The summed E-state index contributed by atoms with van der Waals surface area (Å²) in [5, 5.41) is 113. The van der Waals surface area contributed by atoms with Crippen molar-refractivity contribution in [2.24, 2.45) is 5.92 Å². The molecule has 0 aromatic carbocycles. The number of carbonyl (C=O) groups excluding carboxylic acids is 3.